The van der Waals surface area contributed by atoms with Gasteiger partial charge in [-0.05, 0) is 49.5 Å². The molecule has 104 valence electrons. The highest BCUT2D eigenvalue weighted by Crippen LogP contribution is 2.46. The fraction of sp³-hybridized carbons (Fsp3) is 0.600. The third-order valence-electron chi connectivity index (χ3n) is 5.21. The number of benzene rings is 1. The number of ether oxygens (including phenoxy) is 2. The Balaban J connectivity index is 1.51. The molecule has 3 saturated heterocycles. The van der Waals surface area contributed by atoms with Gasteiger partial charge < -0.3 is 9.47 Å². The summed E-state index contributed by atoms with van der Waals surface area (Å²) in [4.78, 5) is 2.58. The zero-order valence-electron chi connectivity index (χ0n) is 11.2. The minimum absolute atomic E-state index is 0.164. The summed E-state index contributed by atoms with van der Waals surface area (Å²) in [7, 11) is 0. The van der Waals surface area contributed by atoms with Crippen molar-refractivity contribution in [2.75, 3.05) is 19.9 Å². The third kappa shape index (κ3) is 1.41. The van der Waals surface area contributed by atoms with Crippen molar-refractivity contribution in [1.82, 2.24) is 4.90 Å². The first-order valence-electron chi connectivity index (χ1n) is 7.44. The Morgan fingerprint density at radius 3 is 2.80 bits per heavy atom. The van der Waals surface area contributed by atoms with Gasteiger partial charge in [-0.3, -0.25) is 4.90 Å². The van der Waals surface area contributed by atoms with Crippen molar-refractivity contribution in [3.63, 3.8) is 0 Å². The van der Waals surface area contributed by atoms with Crippen molar-refractivity contribution in [3.8, 4) is 11.5 Å². The quantitative estimate of drug-likeness (QED) is 0.788. The monoisotopic (exact) mass is 271 g/mol. The average Bonchev–Trinajstić information content (AvgIpc) is 3.15. The van der Waals surface area contributed by atoms with Gasteiger partial charge in [-0.15, -0.1) is 0 Å². The highest BCUT2D eigenvalue weighted by molar-refractivity contribution is 5.46. The second-order valence-corrected chi connectivity index (χ2v) is 6.14. The van der Waals surface area contributed by atoms with Crippen molar-refractivity contribution >= 4 is 0 Å². The van der Waals surface area contributed by atoms with Crippen LogP contribution in [-0.4, -0.2) is 36.9 Å². The van der Waals surface area contributed by atoms with Crippen LogP contribution in [0.1, 0.15) is 24.4 Å². The van der Waals surface area contributed by atoms with Crippen LogP contribution in [0.2, 0.25) is 0 Å². The molecular weight excluding hydrogens is 254 g/mol. The Hall–Kier alpha value is -1.62. The van der Waals surface area contributed by atoms with Gasteiger partial charge >= 0.3 is 0 Å². The van der Waals surface area contributed by atoms with Crippen LogP contribution in [0.3, 0.4) is 0 Å². The van der Waals surface area contributed by atoms with E-state index in [4.69, 9.17) is 9.47 Å². The van der Waals surface area contributed by atoms with Gasteiger partial charge in [-0.2, -0.15) is 10.2 Å². The van der Waals surface area contributed by atoms with E-state index in [1.165, 1.54) is 31.5 Å². The van der Waals surface area contributed by atoms with Crippen LogP contribution in [0.15, 0.2) is 28.4 Å². The van der Waals surface area contributed by atoms with Gasteiger partial charge in [-0.25, -0.2) is 0 Å². The number of piperidine rings is 3. The number of nitrogens with zero attached hydrogens (tertiary/aromatic N) is 3. The smallest absolute Gasteiger partial charge is 0.231 e. The van der Waals surface area contributed by atoms with Crippen molar-refractivity contribution < 1.29 is 9.47 Å². The summed E-state index contributed by atoms with van der Waals surface area (Å²) in [6, 6.07) is 7.23. The Morgan fingerprint density at radius 1 is 1.05 bits per heavy atom. The molecule has 0 radical (unpaired) electrons. The van der Waals surface area contributed by atoms with E-state index in [2.05, 4.69) is 27.3 Å². The molecule has 0 saturated carbocycles. The lowest BCUT2D eigenvalue weighted by Gasteiger charge is -2.47. The molecule has 2 bridgehead atoms. The maximum atomic E-state index is 5.49. The molecule has 5 nitrogen and oxygen atoms in total. The number of azo groups is 1. The van der Waals surface area contributed by atoms with Crippen molar-refractivity contribution in [3.05, 3.63) is 23.8 Å². The van der Waals surface area contributed by atoms with Crippen molar-refractivity contribution in [2.45, 2.75) is 31.0 Å². The van der Waals surface area contributed by atoms with E-state index in [9.17, 15) is 0 Å². The highest BCUT2D eigenvalue weighted by Gasteiger charge is 2.49. The summed E-state index contributed by atoms with van der Waals surface area (Å²) in [6.45, 7) is 2.74. The first kappa shape index (κ1) is 11.1. The first-order valence-corrected chi connectivity index (χ1v) is 7.44. The van der Waals surface area contributed by atoms with Crippen LogP contribution in [0.5, 0.6) is 11.5 Å². The van der Waals surface area contributed by atoms with Crippen LogP contribution < -0.4 is 9.47 Å². The molecular formula is C15H17N3O2. The number of hydrogen-bond donors (Lipinski definition) is 0. The predicted molar refractivity (Wildman–Crippen MR) is 72.0 cm³/mol. The molecule has 3 fully saturated rings. The standard InChI is InChI=1S/C15H17N3O2/c1-2-11-12(20-8-19-11)7-10(1)14-15-13(16-17-14)9-3-5-18(15)6-4-9/h1-2,7,9,13-15H,3-6,8H2. The minimum atomic E-state index is 0.164. The number of rotatable bonds is 1. The Morgan fingerprint density at radius 2 is 1.90 bits per heavy atom. The summed E-state index contributed by atoms with van der Waals surface area (Å²) in [5, 5.41) is 9.21. The molecule has 0 N–H and O–H groups in total. The Kier molecular flexibility index (Phi) is 2.19. The van der Waals surface area contributed by atoms with Gasteiger partial charge in [0, 0.05) is 0 Å². The second kappa shape index (κ2) is 3.95. The van der Waals surface area contributed by atoms with Gasteiger partial charge in [0.1, 0.15) is 6.04 Å². The molecule has 5 heteroatoms. The second-order valence-electron chi connectivity index (χ2n) is 6.14. The molecule has 0 aliphatic carbocycles. The molecule has 0 aromatic heterocycles. The third-order valence-corrected chi connectivity index (χ3v) is 5.21. The summed E-state index contributed by atoms with van der Waals surface area (Å²) in [5.41, 5.74) is 1.21. The average molecular weight is 271 g/mol. The molecule has 5 aliphatic heterocycles. The van der Waals surface area contributed by atoms with Gasteiger partial charge in [0.2, 0.25) is 6.79 Å². The zero-order valence-corrected chi connectivity index (χ0v) is 11.2. The largest absolute Gasteiger partial charge is 0.454 e. The first-order chi connectivity index (χ1) is 9.90. The minimum Gasteiger partial charge on any atom is -0.454 e. The van der Waals surface area contributed by atoms with Gasteiger partial charge in [0.15, 0.2) is 11.5 Å². The molecule has 0 spiro atoms. The maximum Gasteiger partial charge on any atom is 0.231 e. The Bertz CT molecular complexity index is 580. The summed E-state index contributed by atoms with van der Waals surface area (Å²) in [5.74, 6) is 2.43. The van der Waals surface area contributed by atoms with E-state index in [1.807, 2.05) is 6.07 Å². The molecule has 20 heavy (non-hydrogen) atoms. The molecule has 5 aliphatic rings. The highest BCUT2D eigenvalue weighted by atomic mass is 16.7. The van der Waals surface area contributed by atoms with Crippen LogP contribution in [-0.2, 0) is 0 Å². The topological polar surface area (TPSA) is 46.4 Å². The zero-order chi connectivity index (χ0) is 13.1. The van der Waals surface area contributed by atoms with Gasteiger partial charge in [-0.1, -0.05) is 6.07 Å². The van der Waals surface area contributed by atoms with E-state index in [0.29, 0.717) is 18.9 Å². The molecule has 3 atom stereocenters. The summed E-state index contributed by atoms with van der Waals surface area (Å²) >= 11 is 0. The van der Waals surface area contributed by atoms with E-state index in [1.54, 1.807) is 0 Å². The van der Waals surface area contributed by atoms with Crippen LogP contribution >= 0.6 is 0 Å². The van der Waals surface area contributed by atoms with E-state index in [0.717, 1.165) is 17.4 Å². The predicted octanol–water partition coefficient (Wildman–Crippen LogP) is 2.39. The summed E-state index contributed by atoms with van der Waals surface area (Å²) in [6.07, 6.45) is 2.57. The number of hydrogen-bond acceptors (Lipinski definition) is 5. The molecule has 1 aromatic carbocycles. The van der Waals surface area contributed by atoms with Gasteiger partial charge in [0.05, 0.1) is 12.1 Å². The molecule has 0 amide bonds. The molecule has 6 rings (SSSR count). The van der Waals surface area contributed by atoms with Crippen molar-refractivity contribution in [1.29, 1.82) is 0 Å². The van der Waals surface area contributed by atoms with E-state index in [-0.39, 0.29) is 6.04 Å². The molecule has 3 unspecified atom stereocenters. The van der Waals surface area contributed by atoms with Crippen molar-refractivity contribution in [2.24, 2.45) is 16.1 Å². The van der Waals surface area contributed by atoms with Crippen LogP contribution in [0.25, 0.3) is 0 Å². The normalized spacial score (nSPS) is 40.1. The lowest BCUT2D eigenvalue weighted by molar-refractivity contribution is 0.0312. The Labute approximate surface area is 117 Å². The summed E-state index contributed by atoms with van der Waals surface area (Å²) < 4.78 is 10.9. The van der Waals surface area contributed by atoms with Crippen LogP contribution in [0, 0.1) is 5.92 Å². The fourth-order valence-electron chi connectivity index (χ4n) is 4.18. The van der Waals surface area contributed by atoms with Gasteiger partial charge in [0.25, 0.3) is 0 Å². The van der Waals surface area contributed by atoms with Crippen LogP contribution in [0.4, 0.5) is 0 Å². The molecule has 1 aromatic rings. The maximum absolute atomic E-state index is 5.49. The van der Waals surface area contributed by atoms with E-state index < -0.39 is 0 Å². The SMILES string of the molecule is c1cc2c(cc1C1N=NC3C4CCN(CC4)C13)OCO2. The number of fused-ring (bicyclic) bond motifs is 3. The molecule has 5 heterocycles. The van der Waals surface area contributed by atoms with E-state index >= 15 is 0 Å². The fourth-order valence-corrected chi connectivity index (χ4v) is 4.18. The lowest BCUT2D eigenvalue weighted by Crippen LogP contribution is -2.57. The lowest BCUT2D eigenvalue weighted by atomic mass is 9.76.